The number of rotatable bonds is 0. The second kappa shape index (κ2) is 2.56. The molecule has 0 amide bonds. The number of fused-ring (bicyclic) bond motifs is 2. The molecule has 2 aliphatic rings. The zero-order valence-electron chi connectivity index (χ0n) is 5.63. The van der Waals surface area contributed by atoms with Crippen molar-refractivity contribution in [3.63, 3.8) is 0 Å². The quantitative estimate of drug-likeness (QED) is 0.592. The molecule has 0 aromatic carbocycles. The SMILES string of the molecule is Br.CN1C[C@@H]2C[C@H]1CN2. The highest BCUT2D eigenvalue weighted by Crippen LogP contribution is 2.20. The van der Waals surface area contributed by atoms with Crippen molar-refractivity contribution in [1.29, 1.82) is 0 Å². The van der Waals surface area contributed by atoms with E-state index >= 15 is 0 Å². The maximum absolute atomic E-state index is 3.44. The van der Waals surface area contributed by atoms with E-state index in [1.807, 2.05) is 0 Å². The Labute approximate surface area is 66.4 Å². The van der Waals surface area contributed by atoms with Gasteiger partial charge in [-0.1, -0.05) is 0 Å². The molecule has 2 bridgehead atoms. The predicted molar refractivity (Wildman–Crippen MR) is 43.1 cm³/mol. The molecule has 2 aliphatic heterocycles. The molecule has 2 rings (SSSR count). The molecule has 0 unspecified atom stereocenters. The lowest BCUT2D eigenvalue weighted by atomic mass is 10.2. The Hall–Kier alpha value is 0.400. The van der Waals surface area contributed by atoms with Crippen LogP contribution in [0.1, 0.15) is 6.42 Å². The highest BCUT2D eigenvalue weighted by Gasteiger charge is 2.34. The summed E-state index contributed by atoms with van der Waals surface area (Å²) in [6, 6.07) is 1.69. The molecule has 2 atom stereocenters. The smallest absolute Gasteiger partial charge is 0.0233 e. The number of nitrogens with one attached hydrogen (secondary N) is 1. The average Bonchev–Trinajstić information content (AvgIpc) is 2.23. The summed E-state index contributed by atoms with van der Waals surface area (Å²) in [6.07, 6.45) is 1.39. The van der Waals surface area contributed by atoms with Gasteiger partial charge in [0.05, 0.1) is 0 Å². The fourth-order valence-electron chi connectivity index (χ4n) is 1.77. The Kier molecular flexibility index (Phi) is 2.14. The number of hydrogen-bond donors (Lipinski definition) is 1. The van der Waals surface area contributed by atoms with Crippen LogP contribution in [0.25, 0.3) is 0 Å². The third kappa shape index (κ3) is 1.14. The molecule has 2 heterocycles. The number of halogens is 1. The summed E-state index contributed by atoms with van der Waals surface area (Å²) in [7, 11) is 2.21. The molecule has 0 saturated carbocycles. The topological polar surface area (TPSA) is 15.3 Å². The standard InChI is InChI=1S/C6H12N2.BrH/c1-8-4-5-2-6(8)3-7-5;/h5-7H,2-4H2,1H3;1H/t5-,6-;/m0./s1. The van der Waals surface area contributed by atoms with Crippen LogP contribution in [-0.2, 0) is 0 Å². The molecule has 1 N–H and O–H groups in total. The van der Waals surface area contributed by atoms with E-state index in [1.54, 1.807) is 0 Å². The maximum atomic E-state index is 3.44. The predicted octanol–water partition coefficient (Wildman–Crippen LogP) is 0.240. The lowest BCUT2D eigenvalue weighted by molar-refractivity contribution is 0.276. The molecule has 2 fully saturated rings. The maximum Gasteiger partial charge on any atom is 0.0233 e. The van der Waals surface area contributed by atoms with Crippen molar-refractivity contribution < 1.29 is 0 Å². The van der Waals surface area contributed by atoms with Gasteiger partial charge in [0, 0.05) is 25.2 Å². The Morgan fingerprint density at radius 2 is 2.33 bits per heavy atom. The van der Waals surface area contributed by atoms with Gasteiger partial charge in [0.15, 0.2) is 0 Å². The number of likely N-dealkylation sites (N-methyl/N-ethyl adjacent to an activating group) is 1. The molecule has 0 aliphatic carbocycles. The van der Waals surface area contributed by atoms with E-state index in [0.29, 0.717) is 0 Å². The first-order valence-corrected chi connectivity index (χ1v) is 3.30. The monoisotopic (exact) mass is 192 g/mol. The third-order valence-electron chi connectivity index (χ3n) is 2.33. The van der Waals surface area contributed by atoms with Gasteiger partial charge in [0.25, 0.3) is 0 Å². The van der Waals surface area contributed by atoms with Crippen LogP contribution in [0.4, 0.5) is 0 Å². The molecule has 0 spiro atoms. The van der Waals surface area contributed by atoms with Crippen LogP contribution >= 0.6 is 17.0 Å². The van der Waals surface area contributed by atoms with Crippen molar-refractivity contribution in [3.8, 4) is 0 Å². The van der Waals surface area contributed by atoms with Gasteiger partial charge in [0.1, 0.15) is 0 Å². The summed E-state index contributed by atoms with van der Waals surface area (Å²) < 4.78 is 0. The van der Waals surface area contributed by atoms with Gasteiger partial charge >= 0.3 is 0 Å². The Bertz CT molecular complexity index is 105. The van der Waals surface area contributed by atoms with Gasteiger partial charge in [-0.25, -0.2) is 0 Å². The second-order valence-electron chi connectivity index (χ2n) is 2.93. The van der Waals surface area contributed by atoms with Crippen molar-refractivity contribution >= 4 is 17.0 Å². The zero-order chi connectivity index (χ0) is 5.56. The van der Waals surface area contributed by atoms with Gasteiger partial charge in [-0.15, -0.1) is 17.0 Å². The summed E-state index contributed by atoms with van der Waals surface area (Å²) in [5.74, 6) is 0. The van der Waals surface area contributed by atoms with Crippen LogP contribution in [0.15, 0.2) is 0 Å². The molecule has 54 valence electrons. The molecule has 2 saturated heterocycles. The lowest BCUT2D eigenvalue weighted by Crippen LogP contribution is -2.41. The number of piperazine rings is 1. The molecular formula is C6H13BrN2. The minimum atomic E-state index is 0. The van der Waals surface area contributed by atoms with Crippen molar-refractivity contribution in [2.45, 2.75) is 18.5 Å². The fraction of sp³-hybridized carbons (Fsp3) is 1.00. The van der Waals surface area contributed by atoms with E-state index in [2.05, 4.69) is 17.3 Å². The molecule has 0 aromatic rings. The van der Waals surface area contributed by atoms with E-state index in [4.69, 9.17) is 0 Å². The minimum absolute atomic E-state index is 0. The lowest BCUT2D eigenvalue weighted by Gasteiger charge is -2.21. The van der Waals surface area contributed by atoms with Gasteiger partial charge in [-0.2, -0.15) is 0 Å². The van der Waals surface area contributed by atoms with Gasteiger partial charge in [-0.05, 0) is 13.5 Å². The summed E-state index contributed by atoms with van der Waals surface area (Å²) in [6.45, 7) is 2.49. The first kappa shape index (κ1) is 7.51. The molecule has 2 nitrogen and oxygen atoms in total. The van der Waals surface area contributed by atoms with E-state index in [1.165, 1.54) is 19.5 Å². The van der Waals surface area contributed by atoms with Gasteiger partial charge < -0.3 is 10.2 Å². The highest BCUT2D eigenvalue weighted by molar-refractivity contribution is 8.93. The van der Waals surface area contributed by atoms with E-state index in [-0.39, 0.29) is 17.0 Å². The molecule has 0 aromatic heterocycles. The largest absolute Gasteiger partial charge is 0.311 e. The van der Waals surface area contributed by atoms with E-state index in [0.717, 1.165) is 12.1 Å². The van der Waals surface area contributed by atoms with Crippen LogP contribution in [0.2, 0.25) is 0 Å². The van der Waals surface area contributed by atoms with Gasteiger partial charge in [0.2, 0.25) is 0 Å². The minimum Gasteiger partial charge on any atom is -0.311 e. The van der Waals surface area contributed by atoms with Crippen LogP contribution in [0, 0.1) is 0 Å². The van der Waals surface area contributed by atoms with Crippen molar-refractivity contribution in [2.75, 3.05) is 20.1 Å². The summed E-state index contributed by atoms with van der Waals surface area (Å²) in [5.41, 5.74) is 0. The van der Waals surface area contributed by atoms with E-state index in [9.17, 15) is 0 Å². The van der Waals surface area contributed by atoms with Crippen LogP contribution < -0.4 is 5.32 Å². The molecule has 9 heavy (non-hydrogen) atoms. The fourth-order valence-corrected chi connectivity index (χ4v) is 1.77. The third-order valence-corrected chi connectivity index (χ3v) is 2.33. The average molecular weight is 193 g/mol. The zero-order valence-corrected chi connectivity index (χ0v) is 7.34. The Morgan fingerprint density at radius 1 is 1.56 bits per heavy atom. The summed E-state index contributed by atoms with van der Waals surface area (Å²) >= 11 is 0. The van der Waals surface area contributed by atoms with Gasteiger partial charge in [-0.3, -0.25) is 0 Å². The highest BCUT2D eigenvalue weighted by atomic mass is 79.9. The second-order valence-corrected chi connectivity index (χ2v) is 2.93. The molecular weight excluding hydrogens is 180 g/mol. The number of nitrogens with zero attached hydrogens (tertiary/aromatic N) is 1. The Morgan fingerprint density at radius 3 is 2.56 bits per heavy atom. The first-order chi connectivity index (χ1) is 3.86. The summed E-state index contributed by atoms with van der Waals surface area (Å²) in [5, 5.41) is 3.44. The summed E-state index contributed by atoms with van der Waals surface area (Å²) in [4.78, 5) is 2.45. The van der Waals surface area contributed by atoms with Crippen LogP contribution in [-0.4, -0.2) is 37.1 Å². The van der Waals surface area contributed by atoms with Crippen molar-refractivity contribution in [3.05, 3.63) is 0 Å². The number of likely N-dealkylation sites (tertiary alicyclic amines) is 1. The van der Waals surface area contributed by atoms with Crippen molar-refractivity contribution in [1.82, 2.24) is 10.2 Å². The normalized spacial score (nSPS) is 41.0. The van der Waals surface area contributed by atoms with E-state index < -0.39 is 0 Å². The number of hydrogen-bond acceptors (Lipinski definition) is 2. The van der Waals surface area contributed by atoms with Crippen LogP contribution in [0.3, 0.4) is 0 Å². The van der Waals surface area contributed by atoms with Crippen molar-refractivity contribution in [2.24, 2.45) is 0 Å². The Balaban J connectivity index is 0.000000405. The molecule has 0 radical (unpaired) electrons. The first-order valence-electron chi connectivity index (χ1n) is 3.30. The van der Waals surface area contributed by atoms with Crippen LogP contribution in [0.5, 0.6) is 0 Å². The molecule has 3 heteroatoms.